The van der Waals surface area contributed by atoms with Crippen LogP contribution in [0, 0.1) is 0 Å². The van der Waals surface area contributed by atoms with Crippen LogP contribution in [0.3, 0.4) is 0 Å². The van der Waals surface area contributed by atoms with Crippen molar-refractivity contribution in [3.8, 4) is 0 Å². The first kappa shape index (κ1) is 18.3. The normalized spacial score (nSPS) is 15.6. The fourth-order valence-electron chi connectivity index (χ4n) is 2.22. The molecule has 10 nitrogen and oxygen atoms in total. The van der Waals surface area contributed by atoms with E-state index in [0.29, 0.717) is 5.56 Å². The molecule has 27 heavy (non-hydrogen) atoms. The molecule has 0 fully saturated rings. The number of hydrogen-bond donors (Lipinski definition) is 2. The zero-order chi connectivity index (χ0) is 19.4. The topological polar surface area (TPSA) is 144 Å². The molecule has 1 aliphatic rings. The number of rotatable bonds is 5. The smallest absolute Gasteiger partial charge is 0.328 e. The second kappa shape index (κ2) is 7.41. The second-order valence-corrected chi connectivity index (χ2v) is 6.93. The number of furan rings is 1. The van der Waals surface area contributed by atoms with Gasteiger partial charge in [-0.1, -0.05) is 12.1 Å². The minimum Gasteiger partial charge on any atom is -0.459 e. The van der Waals surface area contributed by atoms with Crippen molar-refractivity contribution in [2.24, 2.45) is 4.99 Å². The summed E-state index contributed by atoms with van der Waals surface area (Å²) in [6.45, 7) is -1.20. The molecule has 1 aromatic heterocycles. The third-order valence-corrected chi connectivity index (χ3v) is 4.79. The van der Waals surface area contributed by atoms with Crippen LogP contribution in [0.15, 0.2) is 57.0 Å². The number of aliphatic imine (C=N–C) groups is 1. The first-order valence-corrected chi connectivity index (χ1v) is 9.05. The van der Waals surface area contributed by atoms with E-state index in [1.165, 1.54) is 24.5 Å². The number of nitrogens with one attached hydrogen (secondary N) is 2. The fraction of sp³-hybridized carbons (Fsp3) is 0.125. The number of hydrogen-bond acceptors (Lipinski definition) is 8. The quantitative estimate of drug-likeness (QED) is 0.673. The van der Waals surface area contributed by atoms with Crippen LogP contribution in [0.2, 0.25) is 0 Å². The Morgan fingerprint density at radius 1 is 1.15 bits per heavy atom. The number of carbonyl (C=O) groups is 3. The van der Waals surface area contributed by atoms with Gasteiger partial charge in [-0.15, -0.1) is 0 Å². The van der Waals surface area contributed by atoms with Crippen molar-refractivity contribution < 1.29 is 32.0 Å². The molecule has 0 aliphatic carbocycles. The summed E-state index contributed by atoms with van der Waals surface area (Å²) in [7, 11) is -3.71. The van der Waals surface area contributed by atoms with Gasteiger partial charge in [0.05, 0.1) is 11.2 Å². The molecule has 0 unspecified atom stereocenters. The predicted molar refractivity (Wildman–Crippen MR) is 90.3 cm³/mol. The Labute approximate surface area is 153 Å². The third-order valence-electron chi connectivity index (χ3n) is 3.39. The van der Waals surface area contributed by atoms with Crippen LogP contribution in [0.25, 0.3) is 0 Å². The van der Waals surface area contributed by atoms with Crippen LogP contribution in [-0.2, 0) is 24.3 Å². The van der Waals surface area contributed by atoms with Crippen LogP contribution < -0.4 is 10.0 Å². The highest BCUT2D eigenvalue weighted by Gasteiger charge is 2.30. The first-order valence-electron chi connectivity index (χ1n) is 7.57. The van der Waals surface area contributed by atoms with Crippen LogP contribution in [0.5, 0.6) is 0 Å². The molecule has 0 saturated heterocycles. The Bertz CT molecular complexity index is 1030. The Morgan fingerprint density at radius 2 is 1.93 bits per heavy atom. The zero-order valence-corrected chi connectivity index (χ0v) is 14.5. The van der Waals surface area contributed by atoms with Crippen LogP contribution in [0.4, 0.5) is 0 Å². The summed E-state index contributed by atoms with van der Waals surface area (Å²) in [5.74, 6) is -2.53. The molecular weight excluding hydrogens is 378 g/mol. The molecule has 3 rings (SSSR count). The van der Waals surface area contributed by atoms with Gasteiger partial charge in [-0.05, 0) is 24.3 Å². The summed E-state index contributed by atoms with van der Waals surface area (Å²) >= 11 is 0. The standard InChI is InChI=1S/C16H13N3O7S/c20-13(18-16(22)11-5-3-7-25-11)9-26-14(21)8-17-15-10-4-1-2-6-12(10)27(23,24)19-15/h1-7H,8-9H2,(H,17,19)(H,18,20,22). The van der Waals surface area contributed by atoms with E-state index >= 15 is 0 Å². The average Bonchev–Trinajstić information content (AvgIpc) is 3.26. The molecule has 0 radical (unpaired) electrons. The van der Waals surface area contributed by atoms with E-state index in [1.54, 1.807) is 18.2 Å². The zero-order valence-electron chi connectivity index (χ0n) is 13.7. The first-order chi connectivity index (χ1) is 12.9. The Kier molecular flexibility index (Phi) is 5.03. The number of carbonyl (C=O) groups excluding carboxylic acids is 3. The van der Waals surface area contributed by atoms with Gasteiger partial charge in [0.15, 0.2) is 12.4 Å². The highest BCUT2D eigenvalue weighted by atomic mass is 32.2. The number of amides is 2. The molecule has 2 N–H and O–H groups in total. The Morgan fingerprint density at radius 3 is 2.67 bits per heavy atom. The number of sulfonamides is 1. The van der Waals surface area contributed by atoms with Gasteiger partial charge in [0, 0.05) is 5.56 Å². The molecule has 0 spiro atoms. The summed E-state index contributed by atoms with van der Waals surface area (Å²) in [5, 5.41) is 1.98. The Hall–Kier alpha value is -3.47. The number of esters is 1. The number of ether oxygens (including phenoxy) is 1. The van der Waals surface area contributed by atoms with Crippen molar-refractivity contribution in [1.29, 1.82) is 0 Å². The van der Waals surface area contributed by atoms with Gasteiger partial charge in [0.25, 0.3) is 21.8 Å². The highest BCUT2D eigenvalue weighted by Crippen LogP contribution is 2.21. The van der Waals surface area contributed by atoms with Gasteiger partial charge in [-0.2, -0.15) is 0 Å². The number of nitrogens with zero attached hydrogens (tertiary/aromatic N) is 1. The van der Waals surface area contributed by atoms with Crippen LogP contribution in [-0.4, -0.2) is 45.2 Å². The maximum absolute atomic E-state index is 11.9. The van der Waals surface area contributed by atoms with Crippen molar-refractivity contribution in [3.05, 3.63) is 54.0 Å². The summed E-state index contributed by atoms with van der Waals surface area (Å²) in [5.41, 5.74) is 0.340. The lowest BCUT2D eigenvalue weighted by Crippen LogP contribution is -2.34. The lowest BCUT2D eigenvalue weighted by Gasteiger charge is -2.04. The molecule has 0 bridgehead atoms. The minimum atomic E-state index is -3.71. The number of benzene rings is 1. The summed E-state index contributed by atoms with van der Waals surface area (Å²) in [4.78, 5) is 38.8. The molecule has 2 amide bonds. The molecular formula is C16H13N3O7S. The summed E-state index contributed by atoms with van der Waals surface area (Å²) < 4.78 is 35.6. The largest absolute Gasteiger partial charge is 0.459 e. The van der Waals surface area contributed by atoms with E-state index in [0.717, 1.165) is 0 Å². The van der Waals surface area contributed by atoms with Gasteiger partial charge >= 0.3 is 5.97 Å². The van der Waals surface area contributed by atoms with Crippen molar-refractivity contribution in [1.82, 2.24) is 10.0 Å². The monoisotopic (exact) mass is 391 g/mol. The van der Waals surface area contributed by atoms with E-state index in [1.807, 2.05) is 5.32 Å². The molecule has 1 aromatic carbocycles. The third kappa shape index (κ3) is 4.20. The van der Waals surface area contributed by atoms with E-state index < -0.39 is 41.0 Å². The van der Waals surface area contributed by atoms with E-state index in [4.69, 9.17) is 9.15 Å². The molecule has 2 heterocycles. The van der Waals surface area contributed by atoms with E-state index in [2.05, 4.69) is 9.71 Å². The van der Waals surface area contributed by atoms with E-state index in [-0.39, 0.29) is 16.5 Å². The van der Waals surface area contributed by atoms with Crippen molar-refractivity contribution >= 4 is 33.6 Å². The summed E-state index contributed by atoms with van der Waals surface area (Å²) in [6, 6.07) is 9.01. The molecule has 0 atom stereocenters. The van der Waals surface area contributed by atoms with Crippen LogP contribution in [0.1, 0.15) is 16.1 Å². The van der Waals surface area contributed by atoms with E-state index in [9.17, 15) is 22.8 Å². The molecule has 11 heteroatoms. The van der Waals surface area contributed by atoms with Crippen molar-refractivity contribution in [2.75, 3.05) is 13.2 Å². The number of fused-ring (bicyclic) bond motifs is 1. The lowest BCUT2D eigenvalue weighted by atomic mass is 10.2. The van der Waals surface area contributed by atoms with Gasteiger partial charge in [0.2, 0.25) is 0 Å². The van der Waals surface area contributed by atoms with Crippen LogP contribution >= 0.6 is 0 Å². The van der Waals surface area contributed by atoms with Gasteiger partial charge in [-0.3, -0.25) is 29.4 Å². The number of imide groups is 1. The molecule has 0 saturated carbocycles. The van der Waals surface area contributed by atoms with Gasteiger partial charge in [-0.25, -0.2) is 8.42 Å². The second-order valence-electron chi connectivity index (χ2n) is 5.28. The maximum Gasteiger partial charge on any atom is 0.328 e. The van der Waals surface area contributed by atoms with Gasteiger partial charge < -0.3 is 9.15 Å². The van der Waals surface area contributed by atoms with Crippen molar-refractivity contribution in [2.45, 2.75) is 4.90 Å². The predicted octanol–water partition coefficient (Wildman–Crippen LogP) is -0.182. The van der Waals surface area contributed by atoms with Crippen molar-refractivity contribution in [3.63, 3.8) is 0 Å². The average molecular weight is 391 g/mol. The van der Waals surface area contributed by atoms with Gasteiger partial charge in [0.1, 0.15) is 12.4 Å². The summed E-state index contributed by atoms with van der Waals surface area (Å²) in [6.07, 6.45) is 1.27. The lowest BCUT2D eigenvalue weighted by molar-refractivity contribution is -0.146. The number of amidine groups is 1. The molecule has 2 aromatic rings. The fourth-order valence-corrected chi connectivity index (χ4v) is 3.47. The maximum atomic E-state index is 11.9. The highest BCUT2D eigenvalue weighted by molar-refractivity contribution is 7.90. The molecule has 1 aliphatic heterocycles. The minimum absolute atomic E-state index is 0.0139. The SMILES string of the molecule is O=C(COC(=O)CN=C1NS(=O)(=O)c2ccccc21)NC(=O)c1ccco1. The molecule has 140 valence electrons. The Balaban J connectivity index is 1.52.